The van der Waals surface area contributed by atoms with Gasteiger partial charge in [0.1, 0.15) is 10.8 Å². The Bertz CT molecular complexity index is 755. The van der Waals surface area contributed by atoms with Crippen LogP contribution in [0.2, 0.25) is 0 Å². The number of nitrogens with one attached hydrogen (secondary N) is 1. The molecule has 0 unspecified atom stereocenters. The minimum absolute atomic E-state index is 0.262. The molecule has 0 aliphatic carbocycles. The monoisotopic (exact) mass is 390 g/mol. The molecule has 1 fully saturated rings. The van der Waals surface area contributed by atoms with Crippen LogP contribution in [0.1, 0.15) is 19.5 Å². The molecule has 1 N–H and O–H groups in total. The summed E-state index contributed by atoms with van der Waals surface area (Å²) in [6.07, 6.45) is 0. The van der Waals surface area contributed by atoms with Crippen LogP contribution in [0.3, 0.4) is 0 Å². The lowest BCUT2D eigenvalue weighted by molar-refractivity contribution is 0.375. The fourth-order valence-corrected chi connectivity index (χ4v) is 4.89. The van der Waals surface area contributed by atoms with E-state index in [0.29, 0.717) is 6.54 Å². The van der Waals surface area contributed by atoms with Crippen LogP contribution in [0, 0.1) is 0 Å². The van der Waals surface area contributed by atoms with Crippen LogP contribution in [0.25, 0.3) is 10.6 Å². The minimum Gasteiger partial charge on any atom is -0.497 e. The summed E-state index contributed by atoms with van der Waals surface area (Å²) >= 11 is 3.69. The third-order valence-electron chi connectivity index (χ3n) is 4.25. The lowest BCUT2D eigenvalue weighted by atomic mass is 10.2. The van der Waals surface area contributed by atoms with Crippen molar-refractivity contribution in [3.63, 3.8) is 0 Å². The second kappa shape index (κ2) is 8.31. The molecule has 140 valence electrons. The zero-order valence-corrected chi connectivity index (χ0v) is 17.4. The molecule has 1 aromatic heterocycles. The number of nitrogens with zero attached hydrogens (tertiary/aromatic N) is 3. The fourth-order valence-electron chi connectivity index (χ4n) is 2.95. The molecule has 0 atom stereocenters. The number of aromatic nitrogens is 1. The molecule has 2 aromatic rings. The van der Waals surface area contributed by atoms with E-state index in [4.69, 9.17) is 9.72 Å². The molecule has 26 heavy (non-hydrogen) atoms. The SMILES string of the molecule is CN=C(NCc1csc(-c2ccc(OC)cc2)n1)N1CCSC(C)(C)C1. The lowest BCUT2D eigenvalue weighted by Crippen LogP contribution is -2.50. The fraction of sp³-hybridized carbons (Fsp3) is 0.474. The van der Waals surface area contributed by atoms with E-state index >= 15 is 0 Å². The summed E-state index contributed by atoms with van der Waals surface area (Å²) in [6.45, 7) is 7.30. The average Bonchev–Trinajstić information content (AvgIpc) is 3.10. The smallest absolute Gasteiger partial charge is 0.194 e. The summed E-state index contributed by atoms with van der Waals surface area (Å²) in [6, 6.07) is 8.02. The van der Waals surface area contributed by atoms with Gasteiger partial charge in [0.05, 0.1) is 19.3 Å². The van der Waals surface area contributed by atoms with Crippen molar-refractivity contribution in [3.8, 4) is 16.3 Å². The van der Waals surface area contributed by atoms with Gasteiger partial charge < -0.3 is 15.0 Å². The van der Waals surface area contributed by atoms with Gasteiger partial charge in [0.15, 0.2) is 5.96 Å². The average molecular weight is 391 g/mol. The molecule has 7 heteroatoms. The van der Waals surface area contributed by atoms with E-state index in [1.54, 1.807) is 18.4 Å². The number of methoxy groups -OCH3 is 1. The van der Waals surface area contributed by atoms with Crippen molar-refractivity contribution in [1.29, 1.82) is 0 Å². The number of rotatable bonds is 4. The van der Waals surface area contributed by atoms with Crippen LogP contribution >= 0.6 is 23.1 Å². The van der Waals surface area contributed by atoms with E-state index in [1.165, 1.54) is 0 Å². The number of ether oxygens (including phenoxy) is 1. The highest BCUT2D eigenvalue weighted by Crippen LogP contribution is 2.29. The maximum absolute atomic E-state index is 5.21. The van der Waals surface area contributed by atoms with Crippen molar-refractivity contribution in [2.75, 3.05) is 33.0 Å². The molecule has 3 rings (SSSR count). The van der Waals surface area contributed by atoms with Crippen molar-refractivity contribution in [3.05, 3.63) is 35.3 Å². The van der Waals surface area contributed by atoms with Crippen LogP contribution in [-0.4, -0.2) is 53.6 Å². The number of benzene rings is 1. The van der Waals surface area contributed by atoms with Crippen molar-refractivity contribution in [1.82, 2.24) is 15.2 Å². The molecule has 1 saturated heterocycles. The first kappa shape index (κ1) is 19.0. The normalized spacial score (nSPS) is 17.2. The standard InChI is InChI=1S/C19H26N4OS2/c1-19(2)13-23(9-10-26-19)18(20-3)21-11-15-12-25-17(22-15)14-5-7-16(24-4)8-6-14/h5-8,12H,9-11,13H2,1-4H3,(H,20,21). The number of aliphatic imine (C=N–C) groups is 1. The van der Waals surface area contributed by atoms with E-state index in [9.17, 15) is 0 Å². The highest BCUT2D eigenvalue weighted by molar-refractivity contribution is 8.00. The molecule has 0 amide bonds. The second-order valence-corrected chi connectivity index (χ2v) is 9.46. The summed E-state index contributed by atoms with van der Waals surface area (Å²) in [7, 11) is 3.53. The molecule has 0 spiro atoms. The Balaban J connectivity index is 1.61. The summed E-state index contributed by atoms with van der Waals surface area (Å²) in [5, 5.41) is 6.60. The highest BCUT2D eigenvalue weighted by atomic mass is 32.2. The number of guanidine groups is 1. The Labute approximate surface area is 163 Å². The van der Waals surface area contributed by atoms with Crippen molar-refractivity contribution < 1.29 is 4.74 Å². The Kier molecular flexibility index (Phi) is 6.09. The van der Waals surface area contributed by atoms with E-state index < -0.39 is 0 Å². The summed E-state index contributed by atoms with van der Waals surface area (Å²) in [5.74, 6) is 2.95. The Morgan fingerprint density at radius 3 is 2.77 bits per heavy atom. The predicted octanol–water partition coefficient (Wildman–Crippen LogP) is 3.72. The molecule has 1 aliphatic heterocycles. The highest BCUT2D eigenvalue weighted by Gasteiger charge is 2.28. The van der Waals surface area contributed by atoms with Crippen LogP contribution in [-0.2, 0) is 6.54 Å². The van der Waals surface area contributed by atoms with E-state index in [0.717, 1.165) is 46.8 Å². The third kappa shape index (κ3) is 4.71. The van der Waals surface area contributed by atoms with Gasteiger partial charge in [-0.3, -0.25) is 4.99 Å². The van der Waals surface area contributed by atoms with Gasteiger partial charge >= 0.3 is 0 Å². The number of hydrogen-bond donors (Lipinski definition) is 1. The van der Waals surface area contributed by atoms with Gasteiger partial charge in [-0.05, 0) is 38.1 Å². The molecule has 0 bridgehead atoms. The maximum atomic E-state index is 5.21. The zero-order chi connectivity index (χ0) is 18.6. The van der Waals surface area contributed by atoms with Gasteiger partial charge in [-0.15, -0.1) is 11.3 Å². The Morgan fingerprint density at radius 2 is 2.12 bits per heavy atom. The molecule has 1 aliphatic rings. The van der Waals surface area contributed by atoms with Gasteiger partial charge in [-0.1, -0.05) is 0 Å². The molecule has 2 heterocycles. The van der Waals surface area contributed by atoms with Crippen LogP contribution in [0.15, 0.2) is 34.6 Å². The van der Waals surface area contributed by atoms with E-state index in [-0.39, 0.29) is 4.75 Å². The summed E-state index contributed by atoms with van der Waals surface area (Å²) in [5.41, 5.74) is 2.15. The van der Waals surface area contributed by atoms with Crippen molar-refractivity contribution >= 4 is 29.1 Å². The number of hydrogen-bond acceptors (Lipinski definition) is 5. The molecule has 5 nitrogen and oxygen atoms in total. The van der Waals surface area contributed by atoms with Crippen LogP contribution < -0.4 is 10.1 Å². The van der Waals surface area contributed by atoms with Gasteiger partial charge in [0.25, 0.3) is 0 Å². The topological polar surface area (TPSA) is 49.8 Å². The van der Waals surface area contributed by atoms with Gasteiger partial charge in [0.2, 0.25) is 0 Å². The van der Waals surface area contributed by atoms with Crippen molar-refractivity contribution in [2.24, 2.45) is 4.99 Å². The first-order valence-corrected chi connectivity index (χ1v) is 10.6. The second-order valence-electron chi connectivity index (χ2n) is 6.80. The quantitative estimate of drug-likeness (QED) is 0.637. The summed E-state index contributed by atoms with van der Waals surface area (Å²) < 4.78 is 5.48. The van der Waals surface area contributed by atoms with E-state index in [2.05, 4.69) is 34.4 Å². The van der Waals surface area contributed by atoms with Gasteiger partial charge in [0, 0.05) is 41.6 Å². The molecular formula is C19H26N4OS2. The number of thiazole rings is 1. The maximum Gasteiger partial charge on any atom is 0.194 e. The lowest BCUT2D eigenvalue weighted by Gasteiger charge is -2.39. The first-order chi connectivity index (χ1) is 12.5. The molecular weight excluding hydrogens is 364 g/mol. The zero-order valence-electron chi connectivity index (χ0n) is 15.8. The molecule has 0 radical (unpaired) electrons. The molecule has 0 saturated carbocycles. The van der Waals surface area contributed by atoms with Crippen LogP contribution in [0.5, 0.6) is 5.75 Å². The summed E-state index contributed by atoms with van der Waals surface area (Å²) in [4.78, 5) is 11.6. The predicted molar refractivity (Wildman–Crippen MR) is 112 cm³/mol. The molecule has 1 aromatic carbocycles. The minimum atomic E-state index is 0.262. The Morgan fingerprint density at radius 1 is 1.35 bits per heavy atom. The Hall–Kier alpha value is -1.73. The van der Waals surface area contributed by atoms with Gasteiger partial charge in [-0.25, -0.2) is 4.98 Å². The van der Waals surface area contributed by atoms with Gasteiger partial charge in [-0.2, -0.15) is 11.8 Å². The van der Waals surface area contributed by atoms with Crippen molar-refractivity contribution in [2.45, 2.75) is 25.1 Å². The van der Waals surface area contributed by atoms with E-state index in [1.807, 2.05) is 43.1 Å². The largest absolute Gasteiger partial charge is 0.497 e. The number of thioether (sulfide) groups is 1. The van der Waals surface area contributed by atoms with Crippen LogP contribution in [0.4, 0.5) is 0 Å². The first-order valence-electron chi connectivity index (χ1n) is 8.69. The third-order valence-corrected chi connectivity index (χ3v) is 6.49.